The fraction of sp³-hybridized carbons (Fsp3) is 0.0714. The molecule has 0 saturated carbocycles. The van der Waals surface area contributed by atoms with Crippen LogP contribution in [0, 0.1) is 0 Å². The highest BCUT2D eigenvalue weighted by molar-refractivity contribution is 7.98. The molecule has 2 heterocycles. The molecular formula is C14H11ClN4OS. The molecule has 0 aliphatic heterocycles. The SMILES string of the molecule is Nc1ccc(SCc2noc(-c3ccc(Cl)cc3)n2)nc1. The molecule has 0 aliphatic carbocycles. The van der Waals surface area contributed by atoms with Gasteiger partial charge in [0.05, 0.1) is 22.7 Å². The summed E-state index contributed by atoms with van der Waals surface area (Å²) in [6.07, 6.45) is 1.62. The minimum absolute atomic E-state index is 0.479. The highest BCUT2D eigenvalue weighted by Crippen LogP contribution is 2.23. The largest absolute Gasteiger partial charge is 0.397 e. The Bertz CT molecular complexity index is 727. The van der Waals surface area contributed by atoms with E-state index < -0.39 is 0 Å². The quantitative estimate of drug-likeness (QED) is 0.740. The van der Waals surface area contributed by atoms with Crippen molar-refractivity contribution >= 4 is 29.1 Å². The smallest absolute Gasteiger partial charge is 0.257 e. The molecule has 106 valence electrons. The van der Waals surface area contributed by atoms with Crippen molar-refractivity contribution in [1.29, 1.82) is 0 Å². The molecule has 0 atom stereocenters. The van der Waals surface area contributed by atoms with Gasteiger partial charge in [0.2, 0.25) is 0 Å². The molecule has 0 spiro atoms. The number of thioether (sulfide) groups is 1. The summed E-state index contributed by atoms with van der Waals surface area (Å²) in [5.74, 6) is 1.67. The number of hydrogen-bond donors (Lipinski definition) is 1. The van der Waals surface area contributed by atoms with Crippen LogP contribution in [0.3, 0.4) is 0 Å². The summed E-state index contributed by atoms with van der Waals surface area (Å²) in [6.45, 7) is 0. The van der Waals surface area contributed by atoms with Crippen molar-refractivity contribution in [2.24, 2.45) is 0 Å². The van der Waals surface area contributed by atoms with E-state index in [0.29, 0.717) is 28.2 Å². The molecule has 0 aliphatic rings. The highest BCUT2D eigenvalue weighted by Gasteiger charge is 2.09. The lowest BCUT2D eigenvalue weighted by Gasteiger charge is -1.97. The number of anilines is 1. The van der Waals surface area contributed by atoms with E-state index in [1.165, 1.54) is 11.8 Å². The van der Waals surface area contributed by atoms with E-state index in [9.17, 15) is 0 Å². The standard InChI is InChI=1S/C14H11ClN4OS/c15-10-3-1-9(2-4-10)14-18-12(19-20-14)8-21-13-6-5-11(16)7-17-13/h1-7H,8,16H2. The molecule has 3 rings (SSSR count). The number of hydrogen-bond acceptors (Lipinski definition) is 6. The summed E-state index contributed by atoms with van der Waals surface area (Å²) < 4.78 is 5.24. The first kappa shape index (κ1) is 13.9. The third-order valence-corrected chi connectivity index (χ3v) is 3.86. The lowest BCUT2D eigenvalue weighted by Crippen LogP contribution is -1.88. The van der Waals surface area contributed by atoms with E-state index >= 15 is 0 Å². The second-order valence-corrected chi connectivity index (χ2v) is 5.67. The van der Waals surface area contributed by atoms with Crippen molar-refractivity contribution in [1.82, 2.24) is 15.1 Å². The second-order valence-electron chi connectivity index (χ2n) is 4.24. The first-order valence-electron chi connectivity index (χ1n) is 6.13. The first-order valence-corrected chi connectivity index (χ1v) is 7.50. The zero-order valence-electron chi connectivity index (χ0n) is 10.9. The van der Waals surface area contributed by atoms with Gasteiger partial charge in [0.25, 0.3) is 5.89 Å². The van der Waals surface area contributed by atoms with Crippen molar-refractivity contribution < 1.29 is 4.52 Å². The fourth-order valence-corrected chi connectivity index (χ4v) is 2.45. The van der Waals surface area contributed by atoms with Gasteiger partial charge in [-0.3, -0.25) is 0 Å². The van der Waals surface area contributed by atoms with Gasteiger partial charge >= 0.3 is 0 Å². The van der Waals surface area contributed by atoms with Gasteiger partial charge in [0, 0.05) is 10.6 Å². The lowest BCUT2D eigenvalue weighted by molar-refractivity contribution is 0.425. The van der Waals surface area contributed by atoms with Crippen LogP contribution in [-0.4, -0.2) is 15.1 Å². The Kier molecular flexibility index (Phi) is 4.08. The lowest BCUT2D eigenvalue weighted by atomic mass is 10.2. The number of nitrogens with zero attached hydrogens (tertiary/aromatic N) is 3. The van der Waals surface area contributed by atoms with E-state index in [4.69, 9.17) is 21.9 Å². The molecule has 2 N–H and O–H groups in total. The van der Waals surface area contributed by atoms with E-state index in [1.807, 2.05) is 24.3 Å². The molecule has 0 fully saturated rings. The third kappa shape index (κ3) is 3.53. The topological polar surface area (TPSA) is 77.8 Å². The number of aromatic nitrogens is 3. The van der Waals surface area contributed by atoms with Gasteiger partial charge in [0.1, 0.15) is 0 Å². The van der Waals surface area contributed by atoms with Crippen molar-refractivity contribution in [3.05, 3.63) is 53.4 Å². The van der Waals surface area contributed by atoms with E-state index in [1.54, 1.807) is 18.3 Å². The number of rotatable bonds is 4. The molecule has 0 unspecified atom stereocenters. The molecule has 0 amide bonds. The Morgan fingerprint density at radius 1 is 1.14 bits per heavy atom. The predicted molar refractivity (Wildman–Crippen MR) is 83.0 cm³/mol. The van der Waals surface area contributed by atoms with Gasteiger partial charge in [-0.1, -0.05) is 28.5 Å². The van der Waals surface area contributed by atoms with Crippen LogP contribution in [0.25, 0.3) is 11.5 Å². The zero-order chi connectivity index (χ0) is 14.7. The number of halogens is 1. The van der Waals surface area contributed by atoms with Crippen molar-refractivity contribution in [2.45, 2.75) is 10.8 Å². The molecule has 3 aromatic rings. The van der Waals surface area contributed by atoms with E-state index in [2.05, 4.69) is 15.1 Å². The summed E-state index contributed by atoms with van der Waals surface area (Å²) >= 11 is 7.37. The summed E-state index contributed by atoms with van der Waals surface area (Å²) in [4.78, 5) is 8.55. The summed E-state index contributed by atoms with van der Waals surface area (Å²) in [5.41, 5.74) is 7.08. The summed E-state index contributed by atoms with van der Waals surface area (Å²) in [5, 5.41) is 5.49. The monoisotopic (exact) mass is 318 g/mol. The van der Waals surface area contributed by atoms with Crippen molar-refractivity contribution in [2.75, 3.05) is 5.73 Å². The van der Waals surface area contributed by atoms with Crippen LogP contribution >= 0.6 is 23.4 Å². The van der Waals surface area contributed by atoms with Crippen LogP contribution in [0.5, 0.6) is 0 Å². The Labute approximate surface area is 130 Å². The number of pyridine rings is 1. The Morgan fingerprint density at radius 2 is 1.95 bits per heavy atom. The summed E-state index contributed by atoms with van der Waals surface area (Å²) in [6, 6.07) is 10.9. The van der Waals surface area contributed by atoms with Crippen LogP contribution < -0.4 is 5.73 Å². The van der Waals surface area contributed by atoms with Gasteiger partial charge in [-0.15, -0.1) is 0 Å². The van der Waals surface area contributed by atoms with Gasteiger partial charge in [-0.2, -0.15) is 4.98 Å². The van der Waals surface area contributed by atoms with Gasteiger partial charge in [-0.05, 0) is 36.4 Å². The molecule has 21 heavy (non-hydrogen) atoms. The molecule has 1 aromatic carbocycles. The van der Waals surface area contributed by atoms with Crippen molar-refractivity contribution in [3.63, 3.8) is 0 Å². The molecule has 7 heteroatoms. The van der Waals surface area contributed by atoms with Gasteiger partial charge in [0.15, 0.2) is 5.82 Å². The maximum absolute atomic E-state index is 5.85. The zero-order valence-corrected chi connectivity index (χ0v) is 12.4. The van der Waals surface area contributed by atoms with Crippen LogP contribution in [0.1, 0.15) is 5.82 Å². The van der Waals surface area contributed by atoms with Crippen LogP contribution in [0.15, 0.2) is 52.1 Å². The van der Waals surface area contributed by atoms with Crippen LogP contribution in [0.4, 0.5) is 5.69 Å². The van der Waals surface area contributed by atoms with E-state index in [-0.39, 0.29) is 0 Å². The molecule has 5 nitrogen and oxygen atoms in total. The molecule has 0 radical (unpaired) electrons. The summed E-state index contributed by atoms with van der Waals surface area (Å²) in [7, 11) is 0. The minimum atomic E-state index is 0.479. The van der Waals surface area contributed by atoms with Gasteiger partial charge in [-0.25, -0.2) is 4.98 Å². The van der Waals surface area contributed by atoms with Crippen LogP contribution in [-0.2, 0) is 5.75 Å². The maximum Gasteiger partial charge on any atom is 0.257 e. The number of benzene rings is 1. The molecular weight excluding hydrogens is 308 g/mol. The Morgan fingerprint density at radius 3 is 2.67 bits per heavy atom. The fourth-order valence-electron chi connectivity index (χ4n) is 1.64. The van der Waals surface area contributed by atoms with Crippen LogP contribution in [0.2, 0.25) is 5.02 Å². The first-order chi connectivity index (χ1) is 10.2. The normalized spacial score (nSPS) is 10.7. The minimum Gasteiger partial charge on any atom is -0.397 e. The number of nitrogen functional groups attached to an aromatic ring is 1. The Balaban J connectivity index is 1.67. The average molecular weight is 319 g/mol. The maximum atomic E-state index is 5.85. The molecule has 0 bridgehead atoms. The van der Waals surface area contributed by atoms with Gasteiger partial charge < -0.3 is 10.3 Å². The second kappa shape index (κ2) is 6.15. The Hall–Kier alpha value is -2.05. The third-order valence-electron chi connectivity index (χ3n) is 2.67. The van der Waals surface area contributed by atoms with E-state index in [0.717, 1.165) is 10.6 Å². The van der Waals surface area contributed by atoms with Crippen molar-refractivity contribution in [3.8, 4) is 11.5 Å². The number of nitrogens with two attached hydrogens (primary N) is 1. The molecule has 0 saturated heterocycles. The molecule has 2 aromatic heterocycles. The predicted octanol–water partition coefficient (Wildman–Crippen LogP) is 3.66. The highest BCUT2D eigenvalue weighted by atomic mass is 35.5. The average Bonchev–Trinajstić information content (AvgIpc) is 2.96.